The Morgan fingerprint density at radius 3 is 2.86 bits per heavy atom. The molecule has 0 amide bonds. The maximum atomic E-state index is 5.10. The van der Waals surface area contributed by atoms with E-state index in [1.165, 1.54) is 5.75 Å². The van der Waals surface area contributed by atoms with E-state index in [-0.39, 0.29) is 0 Å². The van der Waals surface area contributed by atoms with E-state index in [1.54, 1.807) is 7.11 Å². The Balaban J connectivity index is 2.27. The highest BCUT2D eigenvalue weighted by molar-refractivity contribution is 8.00. The Kier molecular flexibility index (Phi) is 9.91. The van der Waals surface area contributed by atoms with Crippen LogP contribution < -0.4 is 5.32 Å². The number of hydrogen-bond acceptors (Lipinski definition) is 4. The number of ether oxygens (including phenoxy) is 1. The number of likely N-dealkylation sites (N-methyl/N-ethyl adjacent to an activating group) is 1. The van der Waals surface area contributed by atoms with Gasteiger partial charge in [-0.25, -0.2) is 0 Å². The van der Waals surface area contributed by atoms with Gasteiger partial charge in [0, 0.05) is 51.3 Å². The monoisotopic (exact) mass is 330 g/mol. The molecule has 0 bridgehead atoms. The van der Waals surface area contributed by atoms with Crippen molar-refractivity contribution in [3.8, 4) is 0 Å². The fraction of sp³-hybridized carbons (Fsp3) is 0.938. The van der Waals surface area contributed by atoms with Crippen molar-refractivity contribution in [2.75, 3.05) is 66.3 Å². The summed E-state index contributed by atoms with van der Waals surface area (Å²) in [6.07, 6.45) is 1.12. The second-order valence-corrected chi connectivity index (χ2v) is 7.57. The maximum Gasteiger partial charge on any atom is 0.193 e. The number of thioether (sulfide) groups is 1. The summed E-state index contributed by atoms with van der Waals surface area (Å²) in [6, 6.07) is 0. The minimum atomic E-state index is 0.715. The number of guanidine groups is 1. The molecule has 0 aromatic rings. The Labute approximate surface area is 140 Å². The van der Waals surface area contributed by atoms with Crippen molar-refractivity contribution in [3.05, 3.63) is 0 Å². The van der Waals surface area contributed by atoms with Gasteiger partial charge in [-0.3, -0.25) is 4.99 Å². The molecule has 0 spiro atoms. The summed E-state index contributed by atoms with van der Waals surface area (Å²) >= 11 is 2.10. The molecule has 1 saturated heterocycles. The molecule has 1 unspecified atom stereocenters. The van der Waals surface area contributed by atoms with Crippen LogP contribution >= 0.6 is 11.8 Å². The predicted molar refractivity (Wildman–Crippen MR) is 98.0 cm³/mol. The van der Waals surface area contributed by atoms with Crippen LogP contribution in [-0.4, -0.2) is 87.3 Å². The van der Waals surface area contributed by atoms with Crippen molar-refractivity contribution < 1.29 is 4.74 Å². The summed E-state index contributed by atoms with van der Waals surface area (Å²) in [5, 5.41) is 4.23. The van der Waals surface area contributed by atoms with Crippen LogP contribution in [0, 0.1) is 5.92 Å². The summed E-state index contributed by atoms with van der Waals surface area (Å²) in [6.45, 7) is 10.7. The van der Waals surface area contributed by atoms with Gasteiger partial charge < -0.3 is 19.9 Å². The molecular weight excluding hydrogens is 296 g/mol. The van der Waals surface area contributed by atoms with Crippen LogP contribution in [0.3, 0.4) is 0 Å². The highest BCUT2D eigenvalue weighted by Crippen LogP contribution is 2.24. The second kappa shape index (κ2) is 11.1. The molecule has 6 heteroatoms. The minimum absolute atomic E-state index is 0.715. The van der Waals surface area contributed by atoms with Crippen molar-refractivity contribution in [2.24, 2.45) is 10.9 Å². The first-order chi connectivity index (χ1) is 10.6. The smallest absolute Gasteiger partial charge is 0.193 e. The number of rotatable bonds is 8. The van der Waals surface area contributed by atoms with Gasteiger partial charge in [0.2, 0.25) is 0 Å². The molecule has 22 heavy (non-hydrogen) atoms. The molecule has 5 nitrogen and oxygen atoms in total. The van der Waals surface area contributed by atoms with E-state index in [0.29, 0.717) is 5.25 Å². The van der Waals surface area contributed by atoms with Crippen LogP contribution in [0.2, 0.25) is 0 Å². The van der Waals surface area contributed by atoms with Crippen LogP contribution in [0.5, 0.6) is 0 Å². The van der Waals surface area contributed by atoms with E-state index in [2.05, 4.69) is 52.8 Å². The van der Waals surface area contributed by atoms with Crippen LogP contribution in [0.1, 0.15) is 20.3 Å². The zero-order valence-electron chi connectivity index (χ0n) is 15.0. The minimum Gasteiger partial charge on any atom is -0.383 e. The second-order valence-electron chi connectivity index (χ2n) is 6.22. The molecule has 1 atom stereocenters. The summed E-state index contributed by atoms with van der Waals surface area (Å²) in [5.74, 6) is 2.98. The molecule has 0 aromatic carbocycles. The van der Waals surface area contributed by atoms with Gasteiger partial charge in [0.1, 0.15) is 0 Å². The van der Waals surface area contributed by atoms with Gasteiger partial charge in [-0.1, -0.05) is 13.8 Å². The van der Waals surface area contributed by atoms with Crippen LogP contribution in [0.15, 0.2) is 4.99 Å². The molecule has 1 fully saturated rings. The van der Waals surface area contributed by atoms with Crippen molar-refractivity contribution in [3.63, 3.8) is 0 Å². The standard InChI is InChI=1S/C16H34N4OS/c1-14(2)15-13-20(10-12-22-15)16(17-3)18-7-6-8-19(4)9-11-21-5/h14-15H,6-13H2,1-5H3,(H,17,18). The Morgan fingerprint density at radius 1 is 1.45 bits per heavy atom. The van der Waals surface area contributed by atoms with Gasteiger partial charge in [0.15, 0.2) is 5.96 Å². The summed E-state index contributed by atoms with van der Waals surface area (Å²) < 4.78 is 5.10. The Morgan fingerprint density at radius 2 is 2.23 bits per heavy atom. The Bertz CT molecular complexity index is 325. The summed E-state index contributed by atoms with van der Waals surface area (Å²) in [5.41, 5.74) is 0. The van der Waals surface area contributed by atoms with Gasteiger partial charge in [-0.2, -0.15) is 11.8 Å². The average molecular weight is 331 g/mol. The molecular formula is C16H34N4OS. The molecule has 0 aliphatic carbocycles. The summed E-state index contributed by atoms with van der Waals surface area (Å²) in [4.78, 5) is 9.18. The quantitative estimate of drug-likeness (QED) is 0.416. The molecule has 1 aliphatic rings. The third-order valence-corrected chi connectivity index (χ3v) is 5.57. The van der Waals surface area contributed by atoms with Gasteiger partial charge in [-0.15, -0.1) is 0 Å². The zero-order chi connectivity index (χ0) is 16.4. The lowest BCUT2D eigenvalue weighted by Crippen LogP contribution is -2.49. The highest BCUT2D eigenvalue weighted by Gasteiger charge is 2.24. The van der Waals surface area contributed by atoms with Gasteiger partial charge in [0.05, 0.1) is 6.61 Å². The van der Waals surface area contributed by atoms with E-state index in [4.69, 9.17) is 4.74 Å². The SMILES string of the molecule is CN=C(NCCCN(C)CCOC)N1CCSC(C(C)C)C1. The number of methoxy groups -OCH3 is 1. The first kappa shape index (κ1) is 19.6. The first-order valence-electron chi connectivity index (χ1n) is 8.33. The lowest BCUT2D eigenvalue weighted by atomic mass is 10.1. The van der Waals surface area contributed by atoms with Crippen LogP contribution in [0.25, 0.3) is 0 Å². The van der Waals surface area contributed by atoms with Crippen molar-refractivity contribution in [2.45, 2.75) is 25.5 Å². The van der Waals surface area contributed by atoms with Crippen molar-refractivity contribution in [1.29, 1.82) is 0 Å². The number of nitrogens with one attached hydrogen (secondary N) is 1. The topological polar surface area (TPSA) is 40.1 Å². The lowest BCUT2D eigenvalue weighted by Gasteiger charge is -2.36. The summed E-state index contributed by atoms with van der Waals surface area (Å²) in [7, 11) is 5.78. The number of hydrogen-bond donors (Lipinski definition) is 1. The molecule has 130 valence electrons. The normalized spacial score (nSPS) is 20.0. The molecule has 1 aliphatic heterocycles. The van der Waals surface area contributed by atoms with E-state index in [1.807, 2.05) is 7.05 Å². The largest absolute Gasteiger partial charge is 0.383 e. The van der Waals surface area contributed by atoms with E-state index in [9.17, 15) is 0 Å². The van der Waals surface area contributed by atoms with E-state index in [0.717, 1.165) is 57.6 Å². The van der Waals surface area contributed by atoms with Crippen molar-refractivity contribution >= 4 is 17.7 Å². The molecule has 1 N–H and O–H groups in total. The molecule has 0 saturated carbocycles. The molecule has 1 rings (SSSR count). The molecule has 1 heterocycles. The lowest BCUT2D eigenvalue weighted by molar-refractivity contribution is 0.161. The predicted octanol–water partition coefficient (Wildman–Crippen LogP) is 1.60. The number of nitrogens with zero attached hydrogens (tertiary/aromatic N) is 3. The van der Waals surface area contributed by atoms with Crippen LogP contribution in [-0.2, 0) is 4.74 Å². The third-order valence-electron chi connectivity index (χ3n) is 4.03. The van der Waals surface area contributed by atoms with E-state index < -0.39 is 0 Å². The molecule has 0 radical (unpaired) electrons. The maximum absolute atomic E-state index is 5.10. The fourth-order valence-electron chi connectivity index (χ4n) is 2.51. The van der Waals surface area contributed by atoms with Crippen molar-refractivity contribution in [1.82, 2.24) is 15.1 Å². The van der Waals surface area contributed by atoms with Gasteiger partial charge in [0.25, 0.3) is 0 Å². The third kappa shape index (κ3) is 7.20. The zero-order valence-corrected chi connectivity index (χ0v) is 15.8. The van der Waals surface area contributed by atoms with E-state index >= 15 is 0 Å². The Hall–Kier alpha value is -0.460. The first-order valence-corrected chi connectivity index (χ1v) is 9.38. The molecule has 0 aromatic heterocycles. The van der Waals surface area contributed by atoms with Crippen LogP contribution in [0.4, 0.5) is 0 Å². The fourth-order valence-corrected chi connectivity index (χ4v) is 3.81. The average Bonchev–Trinajstić information content (AvgIpc) is 2.53. The van der Waals surface area contributed by atoms with Gasteiger partial charge in [-0.05, 0) is 25.9 Å². The van der Waals surface area contributed by atoms with Gasteiger partial charge >= 0.3 is 0 Å². The highest BCUT2D eigenvalue weighted by atomic mass is 32.2. The number of aliphatic imine (C=N–C) groups is 1.